The number of aliphatic carboxylic acids is 1. The van der Waals surface area contributed by atoms with Gasteiger partial charge in [-0.05, 0) is 30.5 Å². The normalized spacial score (nSPS) is 22.8. The largest absolute Gasteiger partial charge is 0.492 e. The van der Waals surface area contributed by atoms with E-state index in [2.05, 4.69) is 4.90 Å². The number of halogens is 2. The molecule has 6 nitrogen and oxygen atoms in total. The van der Waals surface area contributed by atoms with Crippen molar-refractivity contribution in [2.45, 2.75) is 31.3 Å². The highest BCUT2D eigenvalue weighted by atomic mass is 35.5. The van der Waals surface area contributed by atoms with E-state index in [1.807, 2.05) is 0 Å². The summed E-state index contributed by atoms with van der Waals surface area (Å²) in [6, 6.07) is 3.08. The van der Waals surface area contributed by atoms with Crippen molar-refractivity contribution in [1.82, 2.24) is 9.80 Å². The minimum absolute atomic E-state index is 0.0309. The average Bonchev–Trinajstić information content (AvgIpc) is 2.82. The van der Waals surface area contributed by atoms with Crippen molar-refractivity contribution < 1.29 is 23.8 Å². The van der Waals surface area contributed by atoms with Crippen LogP contribution in [-0.4, -0.2) is 59.6 Å². The molecule has 1 atom stereocenters. The van der Waals surface area contributed by atoms with Crippen LogP contribution in [0.2, 0.25) is 5.02 Å². The van der Waals surface area contributed by atoms with Gasteiger partial charge in [-0.2, -0.15) is 0 Å². The van der Waals surface area contributed by atoms with Crippen molar-refractivity contribution in [3.05, 3.63) is 28.5 Å². The molecule has 2 aliphatic rings. The van der Waals surface area contributed by atoms with E-state index < -0.39 is 23.2 Å². The zero-order chi connectivity index (χ0) is 19.1. The first-order valence-electron chi connectivity index (χ1n) is 8.52. The Kier molecular flexibility index (Phi) is 5.12. The van der Waals surface area contributed by atoms with Crippen LogP contribution >= 0.6 is 11.6 Å². The zero-order valence-corrected chi connectivity index (χ0v) is 15.6. The predicted octanol–water partition coefficient (Wildman–Crippen LogP) is 2.39. The number of hydrogen-bond acceptors (Lipinski definition) is 4. The van der Waals surface area contributed by atoms with Crippen LogP contribution in [0.25, 0.3) is 0 Å². The van der Waals surface area contributed by atoms with Crippen molar-refractivity contribution in [1.29, 1.82) is 0 Å². The molecule has 1 spiro atoms. The number of rotatable bonds is 4. The van der Waals surface area contributed by atoms with E-state index in [9.17, 15) is 19.1 Å². The smallest absolute Gasteiger partial charge is 0.309 e. The van der Waals surface area contributed by atoms with Crippen molar-refractivity contribution in [2.24, 2.45) is 5.92 Å². The number of methoxy groups -OCH3 is 1. The molecule has 0 aromatic heterocycles. The zero-order valence-electron chi connectivity index (χ0n) is 14.8. The van der Waals surface area contributed by atoms with Crippen LogP contribution in [0.4, 0.5) is 4.39 Å². The fourth-order valence-electron chi connectivity index (χ4n) is 4.24. The number of carboxylic acids is 1. The quantitative estimate of drug-likeness (QED) is 0.863. The minimum Gasteiger partial charge on any atom is -0.492 e. The monoisotopic (exact) mass is 384 g/mol. The molecule has 1 aromatic carbocycles. The second-order valence-corrected chi connectivity index (χ2v) is 7.43. The van der Waals surface area contributed by atoms with Crippen LogP contribution in [0.1, 0.15) is 24.8 Å². The van der Waals surface area contributed by atoms with Gasteiger partial charge in [0.05, 0.1) is 23.6 Å². The van der Waals surface area contributed by atoms with Gasteiger partial charge in [-0.15, -0.1) is 0 Å². The maximum Gasteiger partial charge on any atom is 0.309 e. The van der Waals surface area contributed by atoms with Crippen LogP contribution in [0.3, 0.4) is 0 Å². The Hall–Kier alpha value is -1.86. The van der Waals surface area contributed by atoms with Gasteiger partial charge < -0.3 is 14.7 Å². The molecule has 2 saturated heterocycles. The number of benzene rings is 1. The third-order valence-corrected chi connectivity index (χ3v) is 6.04. The number of hydrogen-bond donors (Lipinski definition) is 1. The molecule has 1 N–H and O–H groups in total. The molecule has 2 aliphatic heterocycles. The lowest BCUT2D eigenvalue weighted by Crippen LogP contribution is -2.55. The van der Waals surface area contributed by atoms with Gasteiger partial charge in [0.15, 0.2) is 11.6 Å². The van der Waals surface area contributed by atoms with Gasteiger partial charge in [0.1, 0.15) is 0 Å². The molecule has 26 heavy (non-hydrogen) atoms. The summed E-state index contributed by atoms with van der Waals surface area (Å²) < 4.78 is 18.9. The summed E-state index contributed by atoms with van der Waals surface area (Å²) in [6.07, 6.45) is 1.22. The third kappa shape index (κ3) is 3.14. The second kappa shape index (κ2) is 7.04. The molecule has 0 aliphatic carbocycles. The van der Waals surface area contributed by atoms with Gasteiger partial charge in [-0.1, -0.05) is 11.6 Å². The van der Waals surface area contributed by atoms with E-state index in [1.54, 1.807) is 18.0 Å². The van der Waals surface area contributed by atoms with Crippen LogP contribution in [0.5, 0.6) is 5.75 Å². The Morgan fingerprint density at radius 2 is 2.08 bits per heavy atom. The lowest BCUT2D eigenvalue weighted by atomic mass is 9.77. The fourth-order valence-corrected chi connectivity index (χ4v) is 4.55. The molecule has 8 heteroatoms. The lowest BCUT2D eigenvalue weighted by molar-refractivity contribution is -0.146. The van der Waals surface area contributed by atoms with Gasteiger partial charge in [0.25, 0.3) is 0 Å². The summed E-state index contributed by atoms with van der Waals surface area (Å²) in [5.74, 6) is -2.18. The number of ether oxygens (including phenoxy) is 1. The number of carboxylic acid groups (broad SMARTS) is 1. The molecule has 142 valence electrons. The molecular formula is C18H22ClFN2O4. The first-order valence-corrected chi connectivity index (χ1v) is 8.90. The average molecular weight is 385 g/mol. The van der Waals surface area contributed by atoms with E-state index in [0.717, 1.165) is 5.56 Å². The van der Waals surface area contributed by atoms with E-state index in [0.29, 0.717) is 32.5 Å². The van der Waals surface area contributed by atoms with E-state index >= 15 is 0 Å². The molecule has 1 amide bonds. The van der Waals surface area contributed by atoms with E-state index in [-0.39, 0.29) is 23.1 Å². The van der Waals surface area contributed by atoms with Crippen molar-refractivity contribution in [2.75, 3.05) is 27.2 Å². The SMILES string of the molecule is COc1c(F)cc(CN2CCC3(CC2)[C@@H](C(=O)O)CC(=O)N3C)cc1Cl. The first-order chi connectivity index (χ1) is 12.3. The third-order valence-electron chi connectivity index (χ3n) is 5.76. The maximum absolute atomic E-state index is 14.0. The Labute approximate surface area is 156 Å². The van der Waals surface area contributed by atoms with Crippen LogP contribution in [-0.2, 0) is 16.1 Å². The molecule has 0 saturated carbocycles. The number of nitrogens with zero attached hydrogens (tertiary/aromatic N) is 2. The number of carbonyl (C=O) groups excluding carboxylic acids is 1. The second-order valence-electron chi connectivity index (χ2n) is 7.02. The summed E-state index contributed by atoms with van der Waals surface area (Å²) in [5, 5.41) is 9.74. The molecular weight excluding hydrogens is 363 g/mol. The van der Waals surface area contributed by atoms with Crippen LogP contribution in [0.15, 0.2) is 12.1 Å². The molecule has 3 rings (SSSR count). The molecule has 2 fully saturated rings. The summed E-state index contributed by atoms with van der Waals surface area (Å²) in [6.45, 7) is 1.77. The highest BCUT2D eigenvalue weighted by Crippen LogP contribution is 2.43. The summed E-state index contributed by atoms with van der Waals surface area (Å²) in [7, 11) is 3.06. The highest BCUT2D eigenvalue weighted by molar-refractivity contribution is 6.32. The summed E-state index contributed by atoms with van der Waals surface area (Å²) >= 11 is 6.05. The Balaban J connectivity index is 1.71. The van der Waals surface area contributed by atoms with Gasteiger partial charge in [-0.25, -0.2) is 4.39 Å². The molecule has 0 bridgehead atoms. The van der Waals surface area contributed by atoms with Crippen LogP contribution in [0, 0.1) is 11.7 Å². The Bertz CT molecular complexity index is 711. The Morgan fingerprint density at radius 1 is 1.42 bits per heavy atom. The predicted molar refractivity (Wildman–Crippen MR) is 93.7 cm³/mol. The van der Waals surface area contributed by atoms with Crippen molar-refractivity contribution in [3.8, 4) is 5.75 Å². The maximum atomic E-state index is 14.0. The van der Waals surface area contributed by atoms with Gasteiger partial charge >= 0.3 is 5.97 Å². The van der Waals surface area contributed by atoms with Gasteiger partial charge in [0, 0.05) is 33.1 Å². The number of piperidine rings is 1. The molecule has 0 radical (unpaired) electrons. The van der Waals surface area contributed by atoms with Gasteiger partial charge in [-0.3, -0.25) is 14.5 Å². The lowest BCUT2D eigenvalue weighted by Gasteiger charge is -2.45. The summed E-state index contributed by atoms with van der Waals surface area (Å²) in [5.41, 5.74) is 0.109. The minimum atomic E-state index is -0.917. The van der Waals surface area contributed by atoms with E-state index in [4.69, 9.17) is 16.3 Å². The first kappa shape index (κ1) is 18.9. The Morgan fingerprint density at radius 3 is 2.62 bits per heavy atom. The van der Waals surface area contributed by atoms with E-state index in [1.165, 1.54) is 13.2 Å². The van der Waals surface area contributed by atoms with Crippen LogP contribution < -0.4 is 4.74 Å². The fraction of sp³-hybridized carbons (Fsp3) is 0.556. The number of likely N-dealkylation sites (tertiary alicyclic amines) is 2. The highest BCUT2D eigenvalue weighted by Gasteiger charge is 2.55. The standard InChI is InChI=1S/C18H22ClFN2O4/c1-21-15(23)9-12(17(24)25)18(21)3-5-22(6-4-18)10-11-7-13(19)16(26-2)14(20)8-11/h7-8,12H,3-6,9-10H2,1-2H3,(H,24,25)/t12-/m1/s1. The summed E-state index contributed by atoms with van der Waals surface area (Å²) in [4.78, 5) is 27.4. The molecule has 0 unspecified atom stereocenters. The number of carbonyl (C=O) groups is 2. The molecule has 2 heterocycles. The van der Waals surface area contributed by atoms with Crippen molar-refractivity contribution >= 4 is 23.5 Å². The van der Waals surface area contributed by atoms with Gasteiger partial charge in [0.2, 0.25) is 5.91 Å². The molecule has 1 aromatic rings. The topological polar surface area (TPSA) is 70.1 Å². The van der Waals surface area contributed by atoms with Crippen molar-refractivity contribution in [3.63, 3.8) is 0 Å². The number of amides is 1.